The van der Waals surface area contributed by atoms with Gasteiger partial charge in [-0.1, -0.05) is 43.5 Å². The number of anilines is 1. The van der Waals surface area contributed by atoms with E-state index in [9.17, 15) is 4.79 Å². The molecule has 0 atom stereocenters. The highest BCUT2D eigenvalue weighted by Gasteiger charge is 2.22. The monoisotopic (exact) mass is 445 g/mol. The van der Waals surface area contributed by atoms with Crippen molar-refractivity contribution < 1.29 is 9.90 Å². The van der Waals surface area contributed by atoms with E-state index in [1.807, 2.05) is 18.3 Å². The van der Waals surface area contributed by atoms with Crippen LogP contribution in [0.4, 0.5) is 5.82 Å². The molecule has 2 aliphatic rings. The number of nitrogens with zero attached hydrogens (tertiary/aromatic N) is 4. The maximum absolute atomic E-state index is 10.9. The number of carboxylic acid groups (broad SMARTS) is 1. The summed E-state index contributed by atoms with van der Waals surface area (Å²) in [5.74, 6) is 2.98. The van der Waals surface area contributed by atoms with Crippen molar-refractivity contribution in [3.63, 3.8) is 0 Å². The number of carbonyl (C=O) groups is 1. The van der Waals surface area contributed by atoms with E-state index in [4.69, 9.17) is 15.1 Å². The topological polar surface area (TPSA) is 95.0 Å². The van der Waals surface area contributed by atoms with Gasteiger partial charge < -0.3 is 10.0 Å². The van der Waals surface area contributed by atoms with E-state index in [0.717, 1.165) is 54.5 Å². The Morgan fingerprint density at radius 3 is 2.39 bits per heavy atom. The van der Waals surface area contributed by atoms with E-state index >= 15 is 0 Å². The molecule has 5 rings (SSSR count). The number of aromatic nitrogens is 4. The van der Waals surface area contributed by atoms with Crippen LogP contribution in [0.5, 0.6) is 0 Å². The average molecular weight is 446 g/mol. The molecule has 2 fully saturated rings. The number of carboxylic acids is 1. The fourth-order valence-corrected chi connectivity index (χ4v) is 5.19. The minimum Gasteiger partial charge on any atom is -0.481 e. The molecule has 0 bridgehead atoms. The molecule has 0 radical (unpaired) electrons. The van der Waals surface area contributed by atoms with Crippen LogP contribution < -0.4 is 4.90 Å². The van der Waals surface area contributed by atoms with E-state index in [-0.39, 0.29) is 6.42 Å². The average Bonchev–Trinajstić information content (AvgIpc) is 3.36. The maximum Gasteiger partial charge on any atom is 0.307 e. The predicted octanol–water partition coefficient (Wildman–Crippen LogP) is 4.93. The Bertz CT molecular complexity index is 1060. The highest BCUT2D eigenvalue weighted by atomic mass is 16.4. The predicted molar refractivity (Wildman–Crippen MR) is 127 cm³/mol. The molecule has 1 aromatic carbocycles. The second-order valence-electron chi connectivity index (χ2n) is 9.36. The normalized spacial score (nSPS) is 17.9. The molecule has 1 aliphatic heterocycles. The van der Waals surface area contributed by atoms with Gasteiger partial charge in [0.05, 0.1) is 6.42 Å². The van der Waals surface area contributed by atoms with E-state index in [2.05, 4.69) is 39.4 Å². The molecule has 2 N–H and O–H groups in total. The van der Waals surface area contributed by atoms with Crippen LogP contribution in [0.25, 0.3) is 11.4 Å². The SMILES string of the molecule is O=C(O)Cc1ccc(C2CCN(c3ccc(-c4n[nH]c(C5CCCCC5)n4)cn3)CC2)cc1. The number of rotatable bonds is 6. The number of aromatic amines is 1. The molecule has 2 aromatic heterocycles. The lowest BCUT2D eigenvalue weighted by atomic mass is 9.89. The van der Waals surface area contributed by atoms with Crippen LogP contribution in [0.2, 0.25) is 0 Å². The van der Waals surface area contributed by atoms with Crippen molar-refractivity contribution >= 4 is 11.8 Å². The molecule has 1 aliphatic carbocycles. The molecular formula is C26H31N5O2. The first-order valence-corrected chi connectivity index (χ1v) is 12.1. The Morgan fingerprint density at radius 2 is 1.73 bits per heavy atom. The summed E-state index contributed by atoms with van der Waals surface area (Å²) < 4.78 is 0. The molecule has 0 spiro atoms. The van der Waals surface area contributed by atoms with Crippen molar-refractivity contribution in [3.05, 3.63) is 59.5 Å². The third-order valence-electron chi connectivity index (χ3n) is 7.13. The van der Waals surface area contributed by atoms with Gasteiger partial charge >= 0.3 is 5.97 Å². The van der Waals surface area contributed by atoms with E-state index in [1.54, 1.807) is 0 Å². The van der Waals surface area contributed by atoms with Crippen LogP contribution in [0, 0.1) is 0 Å². The van der Waals surface area contributed by atoms with Crippen LogP contribution >= 0.6 is 0 Å². The smallest absolute Gasteiger partial charge is 0.307 e. The number of nitrogens with one attached hydrogen (secondary N) is 1. The van der Waals surface area contributed by atoms with Gasteiger partial charge in [0.2, 0.25) is 0 Å². The minimum absolute atomic E-state index is 0.0794. The minimum atomic E-state index is -0.790. The summed E-state index contributed by atoms with van der Waals surface area (Å²) in [6, 6.07) is 12.2. The lowest BCUT2D eigenvalue weighted by Crippen LogP contribution is -2.33. The molecule has 172 valence electrons. The lowest BCUT2D eigenvalue weighted by molar-refractivity contribution is -0.136. The number of pyridine rings is 1. The fraction of sp³-hybridized carbons (Fsp3) is 0.462. The van der Waals surface area contributed by atoms with Gasteiger partial charge in [-0.25, -0.2) is 9.97 Å². The first kappa shape index (κ1) is 21.6. The number of piperidine rings is 1. The van der Waals surface area contributed by atoms with Gasteiger partial charge in [0, 0.05) is 30.8 Å². The highest BCUT2D eigenvalue weighted by molar-refractivity contribution is 5.70. The Labute approximate surface area is 194 Å². The maximum atomic E-state index is 10.9. The first-order chi connectivity index (χ1) is 16.2. The fourth-order valence-electron chi connectivity index (χ4n) is 5.19. The largest absolute Gasteiger partial charge is 0.481 e. The van der Waals surface area contributed by atoms with E-state index < -0.39 is 5.97 Å². The van der Waals surface area contributed by atoms with Crippen molar-refractivity contribution in [1.29, 1.82) is 0 Å². The zero-order valence-corrected chi connectivity index (χ0v) is 18.9. The quantitative estimate of drug-likeness (QED) is 0.559. The van der Waals surface area contributed by atoms with Crippen molar-refractivity contribution in [2.45, 2.75) is 63.2 Å². The van der Waals surface area contributed by atoms with Gasteiger partial charge in [-0.15, -0.1) is 0 Å². The summed E-state index contributed by atoms with van der Waals surface area (Å²) in [7, 11) is 0. The van der Waals surface area contributed by atoms with E-state index in [0.29, 0.717) is 11.8 Å². The van der Waals surface area contributed by atoms with Crippen molar-refractivity contribution in [1.82, 2.24) is 20.2 Å². The van der Waals surface area contributed by atoms with Crippen molar-refractivity contribution in [2.24, 2.45) is 0 Å². The standard InChI is InChI=1S/C26H31N5O2/c32-24(33)16-18-6-8-19(9-7-18)20-12-14-31(15-13-20)23-11-10-22(17-27-23)26-28-25(29-30-26)21-4-2-1-3-5-21/h6-11,17,20-21H,1-5,12-16H2,(H,32,33)(H,28,29,30). The van der Waals surface area contributed by atoms with Gasteiger partial charge in [0.15, 0.2) is 5.82 Å². The summed E-state index contributed by atoms with van der Waals surface area (Å²) in [5, 5.41) is 16.5. The third-order valence-corrected chi connectivity index (χ3v) is 7.13. The van der Waals surface area contributed by atoms with E-state index in [1.165, 1.54) is 37.7 Å². The van der Waals surface area contributed by atoms with Crippen molar-refractivity contribution in [3.8, 4) is 11.4 Å². The van der Waals surface area contributed by atoms with Gasteiger partial charge in [-0.3, -0.25) is 9.89 Å². The molecular weight excluding hydrogens is 414 g/mol. The summed E-state index contributed by atoms with van der Waals surface area (Å²) in [6.45, 7) is 1.92. The number of hydrogen-bond acceptors (Lipinski definition) is 5. The summed E-state index contributed by atoms with van der Waals surface area (Å²) in [6.07, 6.45) is 10.4. The second kappa shape index (κ2) is 9.73. The van der Waals surface area contributed by atoms with Crippen LogP contribution in [0.3, 0.4) is 0 Å². The molecule has 1 saturated heterocycles. The zero-order chi connectivity index (χ0) is 22.6. The van der Waals surface area contributed by atoms with Crippen LogP contribution in [0.15, 0.2) is 42.6 Å². The molecule has 3 heterocycles. The molecule has 3 aromatic rings. The zero-order valence-electron chi connectivity index (χ0n) is 18.9. The highest BCUT2D eigenvalue weighted by Crippen LogP contribution is 2.32. The Balaban J connectivity index is 1.18. The molecule has 0 amide bonds. The molecule has 0 unspecified atom stereocenters. The second-order valence-corrected chi connectivity index (χ2v) is 9.36. The molecule has 7 nitrogen and oxygen atoms in total. The number of benzene rings is 1. The van der Waals surface area contributed by atoms with Gasteiger partial charge in [0.1, 0.15) is 11.6 Å². The molecule has 33 heavy (non-hydrogen) atoms. The van der Waals surface area contributed by atoms with Crippen LogP contribution in [-0.4, -0.2) is 44.3 Å². The Morgan fingerprint density at radius 1 is 0.970 bits per heavy atom. The Hall–Kier alpha value is -3.22. The van der Waals surface area contributed by atoms with Gasteiger partial charge in [-0.05, 0) is 54.9 Å². The number of hydrogen-bond donors (Lipinski definition) is 2. The number of H-pyrrole nitrogens is 1. The first-order valence-electron chi connectivity index (χ1n) is 12.1. The van der Waals surface area contributed by atoms with Crippen LogP contribution in [0.1, 0.15) is 73.7 Å². The van der Waals surface area contributed by atoms with Crippen molar-refractivity contribution in [2.75, 3.05) is 18.0 Å². The summed E-state index contributed by atoms with van der Waals surface area (Å²) >= 11 is 0. The number of aliphatic carboxylic acids is 1. The van der Waals surface area contributed by atoms with Gasteiger partial charge in [0.25, 0.3) is 0 Å². The summed E-state index contributed by atoms with van der Waals surface area (Å²) in [4.78, 5) is 22.7. The Kier molecular flexibility index (Phi) is 6.37. The third kappa shape index (κ3) is 5.07. The van der Waals surface area contributed by atoms with Gasteiger partial charge in [-0.2, -0.15) is 5.10 Å². The van der Waals surface area contributed by atoms with Crippen LogP contribution in [-0.2, 0) is 11.2 Å². The lowest BCUT2D eigenvalue weighted by Gasteiger charge is -2.33. The summed E-state index contributed by atoms with van der Waals surface area (Å²) in [5.41, 5.74) is 3.10. The molecule has 7 heteroatoms. The molecule has 1 saturated carbocycles.